The van der Waals surface area contributed by atoms with Crippen molar-refractivity contribution in [3.63, 3.8) is 0 Å². The van der Waals surface area contributed by atoms with Gasteiger partial charge in [-0.15, -0.1) is 0 Å². The maximum Gasteiger partial charge on any atom is 0.336 e. The lowest BCUT2D eigenvalue weighted by atomic mass is 10.0. The monoisotopic (exact) mass is 236 g/mol. The van der Waals surface area contributed by atoms with E-state index in [2.05, 4.69) is 0 Å². The maximum absolute atomic E-state index is 11.6. The minimum absolute atomic E-state index is 0.315. The lowest BCUT2D eigenvalue weighted by Crippen LogP contribution is -1.97. The van der Waals surface area contributed by atoms with Gasteiger partial charge in [0.05, 0.1) is 0 Å². The van der Waals surface area contributed by atoms with Crippen LogP contribution in [0.15, 0.2) is 63.8 Å². The van der Waals surface area contributed by atoms with Crippen LogP contribution in [0.4, 0.5) is 0 Å². The molecule has 88 valence electrons. The molecule has 1 heterocycles. The van der Waals surface area contributed by atoms with Gasteiger partial charge < -0.3 is 4.42 Å². The molecule has 0 N–H and O–H groups in total. The van der Waals surface area contributed by atoms with Crippen LogP contribution in [0, 0.1) is 6.92 Å². The molecule has 0 bridgehead atoms. The van der Waals surface area contributed by atoms with E-state index in [9.17, 15) is 4.79 Å². The van der Waals surface area contributed by atoms with Gasteiger partial charge in [-0.25, -0.2) is 4.79 Å². The van der Waals surface area contributed by atoms with Crippen molar-refractivity contribution in [2.24, 2.45) is 0 Å². The molecule has 3 aromatic rings. The van der Waals surface area contributed by atoms with Crippen molar-refractivity contribution >= 4 is 11.0 Å². The van der Waals surface area contributed by atoms with E-state index in [0.717, 1.165) is 16.5 Å². The molecule has 18 heavy (non-hydrogen) atoms. The minimum atomic E-state index is -0.315. The van der Waals surface area contributed by atoms with Gasteiger partial charge in [0.15, 0.2) is 0 Å². The van der Waals surface area contributed by atoms with Crippen molar-refractivity contribution in [2.45, 2.75) is 6.92 Å². The van der Waals surface area contributed by atoms with Gasteiger partial charge in [-0.05, 0) is 24.1 Å². The van der Waals surface area contributed by atoms with Crippen molar-refractivity contribution in [3.05, 3.63) is 70.6 Å². The lowest BCUT2D eigenvalue weighted by molar-refractivity contribution is 0.561. The Morgan fingerprint density at radius 3 is 2.44 bits per heavy atom. The third-order valence-electron chi connectivity index (χ3n) is 3.01. The number of fused-ring (bicyclic) bond motifs is 1. The third kappa shape index (κ3) is 1.82. The molecule has 2 aromatic carbocycles. The van der Waals surface area contributed by atoms with E-state index in [1.807, 2.05) is 55.5 Å². The summed E-state index contributed by atoms with van der Waals surface area (Å²) < 4.78 is 5.19. The SMILES string of the molecule is Cc1ccc(-c2cc(=O)oc3ccccc23)cc1. The number of rotatable bonds is 1. The van der Waals surface area contributed by atoms with Crippen molar-refractivity contribution < 1.29 is 4.42 Å². The largest absolute Gasteiger partial charge is 0.423 e. The Kier molecular flexibility index (Phi) is 2.49. The summed E-state index contributed by atoms with van der Waals surface area (Å²) in [6.45, 7) is 2.04. The topological polar surface area (TPSA) is 30.2 Å². The molecule has 1 aromatic heterocycles. The van der Waals surface area contributed by atoms with Crippen molar-refractivity contribution in [1.82, 2.24) is 0 Å². The standard InChI is InChI=1S/C16H12O2/c1-11-6-8-12(9-7-11)14-10-16(17)18-15-5-3-2-4-13(14)15/h2-10H,1H3. The highest BCUT2D eigenvalue weighted by Gasteiger charge is 2.06. The predicted molar refractivity (Wildman–Crippen MR) is 72.7 cm³/mol. The molecular weight excluding hydrogens is 224 g/mol. The molecule has 0 atom stereocenters. The Morgan fingerprint density at radius 2 is 1.67 bits per heavy atom. The summed E-state index contributed by atoms with van der Waals surface area (Å²) in [5.41, 5.74) is 3.46. The van der Waals surface area contributed by atoms with Crippen LogP contribution >= 0.6 is 0 Å². The fourth-order valence-electron chi connectivity index (χ4n) is 2.08. The highest BCUT2D eigenvalue weighted by Crippen LogP contribution is 2.27. The van der Waals surface area contributed by atoms with Crippen LogP contribution in [0.2, 0.25) is 0 Å². The summed E-state index contributed by atoms with van der Waals surface area (Å²) >= 11 is 0. The van der Waals surface area contributed by atoms with E-state index in [4.69, 9.17) is 4.42 Å². The molecule has 0 aliphatic heterocycles. The maximum atomic E-state index is 11.6. The number of para-hydroxylation sites is 1. The molecule has 0 unspecified atom stereocenters. The van der Waals surface area contributed by atoms with E-state index < -0.39 is 0 Å². The molecule has 0 fully saturated rings. The molecular formula is C16H12O2. The van der Waals surface area contributed by atoms with Crippen LogP contribution < -0.4 is 5.63 Å². The third-order valence-corrected chi connectivity index (χ3v) is 3.01. The van der Waals surface area contributed by atoms with Gasteiger partial charge in [0.2, 0.25) is 0 Å². The van der Waals surface area contributed by atoms with Gasteiger partial charge in [-0.2, -0.15) is 0 Å². The summed E-state index contributed by atoms with van der Waals surface area (Å²) in [4.78, 5) is 11.6. The first-order valence-electron chi connectivity index (χ1n) is 5.84. The Balaban J connectivity index is 2.34. The van der Waals surface area contributed by atoms with Gasteiger partial charge in [0.1, 0.15) is 5.58 Å². The Morgan fingerprint density at radius 1 is 0.944 bits per heavy atom. The summed E-state index contributed by atoms with van der Waals surface area (Å²) in [7, 11) is 0. The van der Waals surface area contributed by atoms with Crippen LogP contribution in [0.5, 0.6) is 0 Å². The van der Waals surface area contributed by atoms with E-state index in [1.165, 1.54) is 5.56 Å². The molecule has 0 saturated carbocycles. The quantitative estimate of drug-likeness (QED) is 0.602. The normalized spacial score (nSPS) is 10.7. The highest BCUT2D eigenvalue weighted by molar-refractivity contribution is 5.92. The first-order chi connectivity index (χ1) is 8.74. The van der Waals surface area contributed by atoms with Gasteiger partial charge in [0.25, 0.3) is 0 Å². The fourth-order valence-corrected chi connectivity index (χ4v) is 2.08. The van der Waals surface area contributed by atoms with Crippen molar-refractivity contribution in [2.75, 3.05) is 0 Å². The zero-order chi connectivity index (χ0) is 12.5. The van der Waals surface area contributed by atoms with E-state index in [0.29, 0.717) is 5.58 Å². The van der Waals surface area contributed by atoms with Gasteiger partial charge in [-0.1, -0.05) is 48.0 Å². The average Bonchev–Trinajstić information content (AvgIpc) is 2.38. The molecule has 2 nitrogen and oxygen atoms in total. The Bertz CT molecular complexity index is 752. The predicted octanol–water partition coefficient (Wildman–Crippen LogP) is 3.77. The highest BCUT2D eigenvalue weighted by atomic mass is 16.4. The molecule has 0 amide bonds. The molecule has 0 radical (unpaired) electrons. The van der Waals surface area contributed by atoms with Gasteiger partial charge in [0, 0.05) is 11.5 Å². The molecule has 0 spiro atoms. The van der Waals surface area contributed by atoms with Crippen LogP contribution in [-0.4, -0.2) is 0 Å². The zero-order valence-corrected chi connectivity index (χ0v) is 10.0. The lowest BCUT2D eigenvalue weighted by Gasteiger charge is -2.05. The first-order valence-corrected chi connectivity index (χ1v) is 5.84. The van der Waals surface area contributed by atoms with E-state index in [-0.39, 0.29) is 5.63 Å². The molecule has 3 rings (SSSR count). The summed E-state index contributed by atoms with van der Waals surface area (Å²) in [6.07, 6.45) is 0. The summed E-state index contributed by atoms with van der Waals surface area (Å²) in [5.74, 6) is 0. The second-order valence-corrected chi connectivity index (χ2v) is 4.34. The molecule has 0 aliphatic carbocycles. The average molecular weight is 236 g/mol. The van der Waals surface area contributed by atoms with Crippen LogP contribution in [0.3, 0.4) is 0 Å². The fraction of sp³-hybridized carbons (Fsp3) is 0.0625. The number of aryl methyl sites for hydroxylation is 1. The summed E-state index contributed by atoms with van der Waals surface area (Å²) in [6, 6.07) is 17.3. The number of benzene rings is 2. The summed E-state index contributed by atoms with van der Waals surface area (Å²) in [5, 5.41) is 0.959. The van der Waals surface area contributed by atoms with Gasteiger partial charge >= 0.3 is 5.63 Å². The second-order valence-electron chi connectivity index (χ2n) is 4.34. The zero-order valence-electron chi connectivity index (χ0n) is 10.0. The number of hydrogen-bond donors (Lipinski definition) is 0. The smallest absolute Gasteiger partial charge is 0.336 e. The Labute approximate surface area is 105 Å². The first kappa shape index (κ1) is 10.8. The molecule has 0 saturated heterocycles. The molecule has 2 heteroatoms. The van der Waals surface area contributed by atoms with Gasteiger partial charge in [-0.3, -0.25) is 0 Å². The molecule has 0 aliphatic rings. The Hall–Kier alpha value is -2.35. The minimum Gasteiger partial charge on any atom is -0.423 e. The number of hydrogen-bond acceptors (Lipinski definition) is 2. The van der Waals surface area contributed by atoms with Crippen molar-refractivity contribution in [1.29, 1.82) is 0 Å². The van der Waals surface area contributed by atoms with E-state index >= 15 is 0 Å². The second kappa shape index (κ2) is 4.15. The van der Waals surface area contributed by atoms with Crippen LogP contribution in [-0.2, 0) is 0 Å². The van der Waals surface area contributed by atoms with Crippen molar-refractivity contribution in [3.8, 4) is 11.1 Å². The van der Waals surface area contributed by atoms with Crippen LogP contribution in [0.1, 0.15) is 5.56 Å². The van der Waals surface area contributed by atoms with Crippen LogP contribution in [0.25, 0.3) is 22.1 Å². The van der Waals surface area contributed by atoms with E-state index in [1.54, 1.807) is 6.07 Å².